The fraction of sp³-hybridized carbons (Fsp3) is 0.273. The van der Waals surface area contributed by atoms with Gasteiger partial charge in [-0.2, -0.15) is 0 Å². The van der Waals surface area contributed by atoms with Gasteiger partial charge in [0.15, 0.2) is 16.6 Å². The van der Waals surface area contributed by atoms with Crippen molar-refractivity contribution in [2.75, 3.05) is 38.9 Å². The summed E-state index contributed by atoms with van der Waals surface area (Å²) in [6.07, 6.45) is 3.34. The van der Waals surface area contributed by atoms with Crippen LogP contribution in [0.2, 0.25) is 5.02 Å². The van der Waals surface area contributed by atoms with Gasteiger partial charge in [0.25, 0.3) is 5.91 Å². The number of fused-ring (bicyclic) bond motifs is 2. The summed E-state index contributed by atoms with van der Waals surface area (Å²) in [6, 6.07) is 9.40. The van der Waals surface area contributed by atoms with Crippen LogP contribution in [-0.2, 0) is 4.79 Å². The van der Waals surface area contributed by atoms with Crippen molar-refractivity contribution >= 4 is 62.7 Å². The zero-order valence-electron chi connectivity index (χ0n) is 17.4. The van der Waals surface area contributed by atoms with Gasteiger partial charge < -0.3 is 14.4 Å². The van der Waals surface area contributed by atoms with Gasteiger partial charge in [-0.25, -0.2) is 4.98 Å². The number of nitrogens with zero attached hydrogens (tertiary/aromatic N) is 3. The van der Waals surface area contributed by atoms with Crippen LogP contribution in [0.3, 0.4) is 0 Å². The summed E-state index contributed by atoms with van der Waals surface area (Å²) in [6.45, 7) is 3.45. The second kappa shape index (κ2) is 9.87. The minimum atomic E-state index is -0.137. The average Bonchev–Trinajstić information content (AvgIpc) is 3.36. The molecule has 2 aromatic carbocycles. The topological polar surface area (TPSA) is 54.9 Å². The highest BCUT2D eigenvalue weighted by Crippen LogP contribution is 2.36. The van der Waals surface area contributed by atoms with Crippen molar-refractivity contribution < 1.29 is 14.3 Å². The number of aromatic nitrogens is 1. The van der Waals surface area contributed by atoms with Crippen molar-refractivity contribution in [3.63, 3.8) is 0 Å². The Morgan fingerprint density at radius 2 is 1.97 bits per heavy atom. The molecule has 1 aliphatic heterocycles. The van der Waals surface area contributed by atoms with Gasteiger partial charge >= 0.3 is 0 Å². The van der Waals surface area contributed by atoms with Crippen molar-refractivity contribution in [2.24, 2.45) is 0 Å². The Bertz CT molecular complexity index is 1090. The number of likely N-dealkylation sites (N-methyl/N-ethyl adjacent to an activating group) is 1. The molecule has 0 radical (unpaired) electrons. The molecule has 0 bridgehead atoms. The van der Waals surface area contributed by atoms with E-state index in [0.29, 0.717) is 34.7 Å². The Balaban J connectivity index is 0.00000272. The molecule has 1 amide bonds. The first-order chi connectivity index (χ1) is 14.4. The van der Waals surface area contributed by atoms with Crippen LogP contribution in [0.15, 0.2) is 36.4 Å². The lowest BCUT2D eigenvalue weighted by molar-refractivity contribution is -0.114. The number of halogens is 2. The van der Waals surface area contributed by atoms with E-state index in [1.165, 1.54) is 11.3 Å². The van der Waals surface area contributed by atoms with Gasteiger partial charge in [0.05, 0.1) is 15.2 Å². The Kier molecular flexibility index (Phi) is 7.43. The van der Waals surface area contributed by atoms with E-state index >= 15 is 0 Å². The van der Waals surface area contributed by atoms with E-state index in [0.717, 1.165) is 21.3 Å². The summed E-state index contributed by atoms with van der Waals surface area (Å²) >= 11 is 7.80. The molecule has 9 heteroatoms. The molecule has 6 nitrogen and oxygen atoms in total. The highest BCUT2D eigenvalue weighted by Gasteiger charge is 2.20. The van der Waals surface area contributed by atoms with Gasteiger partial charge in [-0.05, 0) is 56.4 Å². The number of ether oxygens (including phenoxy) is 2. The molecule has 0 N–H and O–H groups in total. The van der Waals surface area contributed by atoms with E-state index in [1.807, 2.05) is 56.3 Å². The number of hydrogen-bond acceptors (Lipinski definition) is 6. The van der Waals surface area contributed by atoms with Crippen LogP contribution in [0.4, 0.5) is 5.13 Å². The van der Waals surface area contributed by atoms with E-state index in [-0.39, 0.29) is 25.1 Å². The molecule has 1 aliphatic rings. The van der Waals surface area contributed by atoms with Gasteiger partial charge in [-0.15, -0.1) is 12.4 Å². The average molecular weight is 480 g/mol. The molecular weight excluding hydrogens is 457 g/mol. The lowest BCUT2D eigenvalue weighted by Crippen LogP contribution is -2.35. The largest absolute Gasteiger partial charge is 0.454 e. The highest BCUT2D eigenvalue weighted by atomic mass is 35.5. The number of carbonyl (C=O) groups is 1. The summed E-state index contributed by atoms with van der Waals surface area (Å²) < 4.78 is 11.6. The molecule has 0 aliphatic carbocycles. The zero-order valence-corrected chi connectivity index (χ0v) is 19.8. The van der Waals surface area contributed by atoms with Gasteiger partial charge in [-0.3, -0.25) is 9.69 Å². The number of aryl methyl sites for hydroxylation is 1. The molecule has 0 spiro atoms. The van der Waals surface area contributed by atoms with Gasteiger partial charge in [0.1, 0.15) is 0 Å². The van der Waals surface area contributed by atoms with Gasteiger partial charge in [0.2, 0.25) is 6.79 Å². The first-order valence-electron chi connectivity index (χ1n) is 9.52. The maximum atomic E-state index is 13.1. The fourth-order valence-electron chi connectivity index (χ4n) is 3.08. The number of carbonyl (C=O) groups excluding carboxylic acids is 1. The molecule has 0 atom stereocenters. The van der Waals surface area contributed by atoms with Gasteiger partial charge in [-0.1, -0.05) is 35.1 Å². The quantitative estimate of drug-likeness (QED) is 0.464. The molecule has 1 aromatic heterocycles. The molecule has 4 rings (SSSR count). The van der Waals surface area contributed by atoms with E-state index in [2.05, 4.69) is 0 Å². The Morgan fingerprint density at radius 3 is 2.71 bits per heavy atom. The van der Waals surface area contributed by atoms with Gasteiger partial charge in [0, 0.05) is 19.2 Å². The number of anilines is 1. The van der Waals surface area contributed by atoms with E-state index in [1.54, 1.807) is 17.1 Å². The number of benzene rings is 2. The minimum Gasteiger partial charge on any atom is -0.454 e. The monoisotopic (exact) mass is 479 g/mol. The van der Waals surface area contributed by atoms with Crippen LogP contribution >= 0.6 is 35.3 Å². The Hall–Kier alpha value is -2.32. The first-order valence-corrected chi connectivity index (χ1v) is 10.7. The molecule has 0 saturated heterocycles. The van der Waals surface area contributed by atoms with Crippen LogP contribution in [0.5, 0.6) is 11.5 Å². The number of thiazole rings is 1. The summed E-state index contributed by atoms with van der Waals surface area (Å²) in [7, 11) is 3.95. The Labute approximate surface area is 196 Å². The predicted molar refractivity (Wildman–Crippen MR) is 129 cm³/mol. The molecular formula is C22H23Cl2N3O3S. The molecule has 0 saturated carbocycles. The van der Waals surface area contributed by atoms with Crippen molar-refractivity contribution in [3.8, 4) is 11.5 Å². The lowest BCUT2D eigenvalue weighted by Gasteiger charge is -2.20. The maximum Gasteiger partial charge on any atom is 0.252 e. The summed E-state index contributed by atoms with van der Waals surface area (Å²) in [5, 5.41) is 1.29. The number of amides is 1. The van der Waals surface area contributed by atoms with E-state index in [9.17, 15) is 4.79 Å². The van der Waals surface area contributed by atoms with Crippen molar-refractivity contribution in [1.82, 2.24) is 9.88 Å². The molecule has 0 fully saturated rings. The first kappa shape index (κ1) is 23.3. The number of rotatable bonds is 6. The molecule has 164 valence electrons. The maximum absolute atomic E-state index is 13.1. The summed E-state index contributed by atoms with van der Waals surface area (Å²) in [5.41, 5.74) is 2.74. The third-order valence-electron chi connectivity index (χ3n) is 4.77. The summed E-state index contributed by atoms with van der Waals surface area (Å²) in [4.78, 5) is 21.6. The van der Waals surface area contributed by atoms with E-state index < -0.39 is 0 Å². The fourth-order valence-corrected chi connectivity index (χ4v) is 4.43. The van der Waals surface area contributed by atoms with Crippen LogP contribution in [0.1, 0.15) is 11.1 Å². The minimum absolute atomic E-state index is 0. The smallest absolute Gasteiger partial charge is 0.252 e. The Morgan fingerprint density at radius 1 is 1.19 bits per heavy atom. The highest BCUT2D eigenvalue weighted by molar-refractivity contribution is 7.23. The van der Waals surface area contributed by atoms with Crippen molar-refractivity contribution in [3.05, 3.63) is 52.6 Å². The second-order valence-corrected chi connectivity index (χ2v) is 8.66. The molecule has 0 unspecified atom stereocenters. The third kappa shape index (κ3) is 5.13. The predicted octanol–water partition coefficient (Wildman–Crippen LogP) is 5.02. The normalized spacial score (nSPS) is 12.5. The van der Waals surface area contributed by atoms with Crippen molar-refractivity contribution in [1.29, 1.82) is 0 Å². The third-order valence-corrected chi connectivity index (χ3v) is 6.31. The van der Waals surface area contributed by atoms with Crippen LogP contribution in [-0.4, -0.2) is 49.8 Å². The second-order valence-electron chi connectivity index (χ2n) is 7.28. The SMILES string of the molecule is Cc1ccc(Cl)c2sc(N(CCN(C)C)C(=O)C=Cc3ccc4c(c3)OCO4)nc12.Cl. The van der Waals surface area contributed by atoms with Crippen LogP contribution in [0.25, 0.3) is 16.3 Å². The molecule has 2 heterocycles. The standard InChI is InChI=1S/C22H22ClN3O3S.ClH/c1-14-4-7-16(23)21-20(14)24-22(30-21)26(11-10-25(2)3)19(27)9-6-15-5-8-17-18(12-15)29-13-28-17;/h4-9,12H,10-11,13H2,1-3H3;1H. The van der Waals surface area contributed by atoms with Crippen molar-refractivity contribution in [2.45, 2.75) is 6.92 Å². The number of hydrogen-bond donors (Lipinski definition) is 0. The molecule has 3 aromatic rings. The van der Waals surface area contributed by atoms with Crippen LogP contribution in [0, 0.1) is 6.92 Å². The lowest BCUT2D eigenvalue weighted by atomic mass is 10.2. The van der Waals surface area contributed by atoms with Crippen LogP contribution < -0.4 is 14.4 Å². The zero-order chi connectivity index (χ0) is 21.3. The molecule has 31 heavy (non-hydrogen) atoms. The van der Waals surface area contributed by atoms with E-state index in [4.69, 9.17) is 26.1 Å². The summed E-state index contributed by atoms with van der Waals surface area (Å²) in [5.74, 6) is 1.26.